The number of carbonyl (C=O) groups excluding carboxylic acids is 2. The molecule has 6 heteroatoms. The van der Waals surface area contributed by atoms with E-state index < -0.39 is 5.97 Å². The molecule has 6 nitrogen and oxygen atoms in total. The van der Waals surface area contributed by atoms with Crippen molar-refractivity contribution in [2.75, 3.05) is 12.3 Å². The highest BCUT2D eigenvalue weighted by Gasteiger charge is 2.27. The van der Waals surface area contributed by atoms with E-state index in [-0.39, 0.29) is 30.3 Å². The molecule has 0 aliphatic rings. The predicted octanol–water partition coefficient (Wildman–Crippen LogP) is 3.19. The maximum absolute atomic E-state index is 12.8. The quantitative estimate of drug-likeness (QED) is 0.715. The summed E-state index contributed by atoms with van der Waals surface area (Å²) < 4.78 is 6.30. The van der Waals surface area contributed by atoms with Gasteiger partial charge in [0.1, 0.15) is 5.56 Å². The Morgan fingerprint density at radius 2 is 1.65 bits per heavy atom. The molecule has 0 radical (unpaired) electrons. The van der Waals surface area contributed by atoms with Crippen molar-refractivity contribution < 1.29 is 14.3 Å². The molecule has 0 fully saturated rings. The van der Waals surface area contributed by atoms with Crippen LogP contribution in [0.2, 0.25) is 0 Å². The Labute approximate surface area is 151 Å². The van der Waals surface area contributed by atoms with Crippen molar-refractivity contribution in [3.63, 3.8) is 0 Å². The summed E-state index contributed by atoms with van der Waals surface area (Å²) in [5.74, 6) is -0.899. The number of hydrogen-bond acceptors (Lipinski definition) is 5. The first-order valence-corrected chi connectivity index (χ1v) is 8.30. The van der Waals surface area contributed by atoms with Crippen molar-refractivity contribution in [1.82, 2.24) is 9.78 Å². The van der Waals surface area contributed by atoms with Gasteiger partial charge in [0.25, 0.3) is 5.91 Å². The second kappa shape index (κ2) is 7.65. The minimum Gasteiger partial charge on any atom is -0.462 e. The molecule has 1 heterocycles. The highest BCUT2D eigenvalue weighted by Crippen LogP contribution is 2.29. The average molecular weight is 349 g/mol. The summed E-state index contributed by atoms with van der Waals surface area (Å²) >= 11 is 0. The molecule has 0 aliphatic heterocycles. The lowest BCUT2D eigenvalue weighted by molar-refractivity contribution is 0.0528. The van der Waals surface area contributed by atoms with Crippen LogP contribution in [0.15, 0.2) is 60.7 Å². The minimum atomic E-state index is -0.595. The van der Waals surface area contributed by atoms with Crippen LogP contribution < -0.4 is 5.73 Å². The lowest BCUT2D eigenvalue weighted by atomic mass is 10.1. The standard InChI is InChI=1S/C20H19N3O3/c1-2-26-20(25)17-18(15-11-7-4-8-12-15)23(22-19(17)21)16(24)13-14-9-5-3-6-10-14/h3-12H,2,13H2,1H3,(H2,21,22). The van der Waals surface area contributed by atoms with Crippen LogP contribution in [0, 0.1) is 0 Å². The van der Waals surface area contributed by atoms with Crippen LogP contribution in [0.1, 0.15) is 27.6 Å². The third-order valence-electron chi connectivity index (χ3n) is 3.87. The van der Waals surface area contributed by atoms with Crippen molar-refractivity contribution in [1.29, 1.82) is 0 Å². The van der Waals surface area contributed by atoms with Crippen LogP contribution in [0.3, 0.4) is 0 Å². The third kappa shape index (κ3) is 3.49. The number of esters is 1. The van der Waals surface area contributed by atoms with E-state index >= 15 is 0 Å². The van der Waals surface area contributed by atoms with E-state index in [1.807, 2.05) is 48.5 Å². The van der Waals surface area contributed by atoms with Crippen LogP contribution in [-0.4, -0.2) is 28.3 Å². The highest BCUT2D eigenvalue weighted by molar-refractivity contribution is 6.03. The lowest BCUT2D eigenvalue weighted by Gasteiger charge is -2.09. The zero-order chi connectivity index (χ0) is 18.5. The van der Waals surface area contributed by atoms with Gasteiger partial charge in [-0.25, -0.2) is 4.79 Å². The fourth-order valence-electron chi connectivity index (χ4n) is 2.73. The van der Waals surface area contributed by atoms with E-state index in [1.165, 1.54) is 4.68 Å². The zero-order valence-corrected chi connectivity index (χ0v) is 14.4. The minimum absolute atomic E-state index is 0.0243. The monoisotopic (exact) mass is 349 g/mol. The van der Waals surface area contributed by atoms with Gasteiger partial charge in [-0.15, -0.1) is 5.10 Å². The van der Waals surface area contributed by atoms with Crippen molar-refractivity contribution in [3.8, 4) is 11.3 Å². The summed E-state index contributed by atoms with van der Waals surface area (Å²) in [6, 6.07) is 18.4. The number of hydrogen-bond donors (Lipinski definition) is 1. The van der Waals surface area contributed by atoms with E-state index in [2.05, 4.69) is 5.10 Å². The molecule has 2 N–H and O–H groups in total. The molecule has 132 valence electrons. The molecule has 0 amide bonds. The van der Waals surface area contributed by atoms with Gasteiger partial charge in [-0.05, 0) is 12.5 Å². The number of benzene rings is 2. The second-order valence-electron chi connectivity index (χ2n) is 5.66. The largest absolute Gasteiger partial charge is 0.462 e. The van der Waals surface area contributed by atoms with Crippen molar-refractivity contribution in [2.45, 2.75) is 13.3 Å². The molecule has 3 rings (SSSR count). The molecule has 0 aliphatic carbocycles. The first kappa shape index (κ1) is 17.4. The number of aromatic nitrogens is 2. The molecular weight excluding hydrogens is 330 g/mol. The van der Waals surface area contributed by atoms with Crippen molar-refractivity contribution in [2.24, 2.45) is 0 Å². The Bertz CT molecular complexity index is 918. The van der Waals surface area contributed by atoms with Crippen molar-refractivity contribution in [3.05, 3.63) is 71.8 Å². The third-order valence-corrected chi connectivity index (χ3v) is 3.87. The number of anilines is 1. The van der Waals surface area contributed by atoms with Gasteiger partial charge in [-0.1, -0.05) is 60.7 Å². The number of carbonyl (C=O) groups is 2. The van der Waals surface area contributed by atoms with Crippen LogP contribution in [-0.2, 0) is 11.2 Å². The number of nitrogens with zero attached hydrogens (tertiary/aromatic N) is 2. The molecule has 0 bridgehead atoms. The Hall–Kier alpha value is -3.41. The normalized spacial score (nSPS) is 10.5. The summed E-state index contributed by atoms with van der Waals surface area (Å²) in [6.45, 7) is 1.91. The van der Waals surface area contributed by atoms with Crippen LogP contribution >= 0.6 is 0 Å². The fourth-order valence-corrected chi connectivity index (χ4v) is 2.73. The summed E-state index contributed by atoms with van der Waals surface area (Å²) in [6.07, 6.45) is 0.143. The van der Waals surface area contributed by atoms with Gasteiger partial charge in [0.05, 0.1) is 18.7 Å². The predicted molar refractivity (Wildman–Crippen MR) is 98.8 cm³/mol. The Morgan fingerprint density at radius 1 is 1.04 bits per heavy atom. The molecule has 0 spiro atoms. The fraction of sp³-hybridized carbons (Fsp3) is 0.150. The van der Waals surface area contributed by atoms with Gasteiger partial charge >= 0.3 is 5.97 Å². The first-order valence-electron chi connectivity index (χ1n) is 8.30. The summed E-state index contributed by atoms with van der Waals surface area (Å²) in [5, 5.41) is 4.13. The van der Waals surface area contributed by atoms with Gasteiger partial charge in [0.15, 0.2) is 5.82 Å². The number of rotatable bonds is 5. The van der Waals surface area contributed by atoms with Crippen LogP contribution in [0.4, 0.5) is 5.82 Å². The van der Waals surface area contributed by atoms with E-state index in [1.54, 1.807) is 19.1 Å². The zero-order valence-electron chi connectivity index (χ0n) is 14.4. The highest BCUT2D eigenvalue weighted by atomic mass is 16.5. The van der Waals surface area contributed by atoms with Crippen LogP contribution in [0.25, 0.3) is 11.3 Å². The second-order valence-corrected chi connectivity index (χ2v) is 5.66. The van der Waals surface area contributed by atoms with Gasteiger partial charge in [-0.2, -0.15) is 4.68 Å². The maximum Gasteiger partial charge on any atom is 0.344 e. The average Bonchev–Trinajstić information content (AvgIpc) is 3.01. The lowest BCUT2D eigenvalue weighted by Crippen LogP contribution is -2.17. The summed E-state index contributed by atoms with van der Waals surface area (Å²) in [5.41, 5.74) is 7.94. The molecule has 26 heavy (non-hydrogen) atoms. The SMILES string of the molecule is CCOC(=O)c1c(N)nn(C(=O)Cc2ccccc2)c1-c1ccccc1. The van der Waals surface area contributed by atoms with Gasteiger partial charge in [-0.3, -0.25) is 4.79 Å². The summed E-state index contributed by atoms with van der Waals surface area (Å²) in [7, 11) is 0. The smallest absolute Gasteiger partial charge is 0.344 e. The molecule has 2 aromatic carbocycles. The number of nitrogens with two attached hydrogens (primary N) is 1. The number of nitrogen functional groups attached to an aromatic ring is 1. The molecule has 3 aromatic rings. The molecule has 0 atom stereocenters. The number of ether oxygens (including phenoxy) is 1. The molecule has 0 unspecified atom stereocenters. The van der Waals surface area contributed by atoms with Crippen LogP contribution in [0.5, 0.6) is 0 Å². The summed E-state index contributed by atoms with van der Waals surface area (Å²) in [4.78, 5) is 25.2. The Kier molecular flexibility index (Phi) is 5.12. The Morgan fingerprint density at radius 3 is 2.27 bits per heavy atom. The van der Waals surface area contributed by atoms with E-state index in [4.69, 9.17) is 10.5 Å². The molecule has 0 saturated carbocycles. The topological polar surface area (TPSA) is 87.2 Å². The van der Waals surface area contributed by atoms with E-state index in [9.17, 15) is 9.59 Å². The Balaban J connectivity index is 2.09. The molecule has 0 saturated heterocycles. The molecule has 1 aromatic heterocycles. The van der Waals surface area contributed by atoms with Gasteiger partial charge in [0.2, 0.25) is 0 Å². The molecular formula is C20H19N3O3. The maximum atomic E-state index is 12.8. The van der Waals surface area contributed by atoms with E-state index in [0.717, 1.165) is 5.56 Å². The van der Waals surface area contributed by atoms with Crippen molar-refractivity contribution >= 4 is 17.7 Å². The van der Waals surface area contributed by atoms with Gasteiger partial charge in [0, 0.05) is 5.56 Å². The van der Waals surface area contributed by atoms with E-state index in [0.29, 0.717) is 11.3 Å². The van der Waals surface area contributed by atoms with Gasteiger partial charge < -0.3 is 10.5 Å². The first-order chi connectivity index (χ1) is 12.6.